The van der Waals surface area contributed by atoms with Crippen molar-refractivity contribution in [1.82, 2.24) is 0 Å². The smallest absolute Gasteiger partial charge is 0.303 e. The predicted molar refractivity (Wildman–Crippen MR) is 114 cm³/mol. The summed E-state index contributed by atoms with van der Waals surface area (Å²) in [6, 6.07) is 27.9. The number of rotatable bonds is 3. The van der Waals surface area contributed by atoms with Crippen LogP contribution in [0.3, 0.4) is 0 Å². The van der Waals surface area contributed by atoms with Gasteiger partial charge >= 0.3 is 5.97 Å². The molecule has 4 aromatic carbocycles. The number of benzene rings is 4. The lowest BCUT2D eigenvalue weighted by atomic mass is 9.89. The summed E-state index contributed by atoms with van der Waals surface area (Å²) in [5.74, 6) is -0.650. The molecule has 4 aromatic rings. The molecule has 1 fully saturated rings. The molecule has 0 aromatic heterocycles. The van der Waals surface area contributed by atoms with Crippen LogP contribution >= 0.6 is 0 Å². The first-order valence-electron chi connectivity index (χ1n) is 9.59. The Morgan fingerprint density at radius 1 is 0.793 bits per heavy atom. The lowest BCUT2D eigenvalue weighted by Gasteiger charge is -2.46. The minimum atomic E-state index is -0.790. The second kappa shape index (κ2) is 6.74. The van der Waals surface area contributed by atoms with Crippen LogP contribution in [0, 0.1) is 0 Å². The van der Waals surface area contributed by atoms with Gasteiger partial charge in [0.1, 0.15) is 6.04 Å². The molecule has 0 bridgehead atoms. The molecule has 0 unspecified atom stereocenters. The molecule has 0 N–H and O–H groups in total. The Labute approximate surface area is 168 Å². The van der Waals surface area contributed by atoms with Crippen LogP contribution in [0.15, 0.2) is 84.9 Å². The molecule has 1 aliphatic rings. The highest BCUT2D eigenvalue weighted by atomic mass is 16.6. The zero-order valence-corrected chi connectivity index (χ0v) is 15.9. The van der Waals surface area contributed by atoms with E-state index in [1.165, 1.54) is 12.3 Å². The third-order valence-corrected chi connectivity index (χ3v) is 5.45. The summed E-state index contributed by atoms with van der Waals surface area (Å²) in [6.07, 6.45) is -0.790. The largest absolute Gasteiger partial charge is 0.450 e. The maximum Gasteiger partial charge on any atom is 0.303 e. The van der Waals surface area contributed by atoms with Gasteiger partial charge in [-0.25, -0.2) is 0 Å². The fourth-order valence-electron chi connectivity index (χ4n) is 4.10. The lowest BCUT2D eigenvalue weighted by Crippen LogP contribution is -2.60. The van der Waals surface area contributed by atoms with Crippen LogP contribution in [-0.4, -0.2) is 18.0 Å². The molecule has 5 rings (SSSR count). The van der Waals surface area contributed by atoms with Gasteiger partial charge in [0, 0.05) is 12.6 Å². The Morgan fingerprint density at radius 3 is 2.10 bits per heavy atom. The van der Waals surface area contributed by atoms with E-state index < -0.39 is 12.1 Å². The molecule has 1 aliphatic heterocycles. The molecule has 0 spiro atoms. The number of β-lactam (4-membered cyclic amide) rings is 1. The van der Waals surface area contributed by atoms with Crippen molar-refractivity contribution >= 4 is 39.1 Å². The van der Waals surface area contributed by atoms with Crippen LogP contribution in [0.2, 0.25) is 0 Å². The van der Waals surface area contributed by atoms with Crippen molar-refractivity contribution in [1.29, 1.82) is 0 Å². The molecule has 0 radical (unpaired) electrons. The lowest BCUT2D eigenvalue weighted by molar-refractivity contribution is -0.160. The third kappa shape index (κ3) is 2.93. The Balaban J connectivity index is 1.59. The average molecular weight is 381 g/mol. The molecule has 4 nitrogen and oxygen atoms in total. The average Bonchev–Trinajstić information content (AvgIpc) is 2.74. The number of hydrogen-bond donors (Lipinski definition) is 0. The van der Waals surface area contributed by atoms with Gasteiger partial charge in [0.25, 0.3) is 5.91 Å². The third-order valence-electron chi connectivity index (χ3n) is 5.45. The predicted octanol–water partition coefficient (Wildman–Crippen LogP) is 5.01. The number of carbonyl (C=O) groups is 2. The van der Waals surface area contributed by atoms with Gasteiger partial charge in [0.05, 0.1) is 0 Å². The van der Waals surface area contributed by atoms with Gasteiger partial charge in [-0.05, 0) is 51.4 Å². The highest BCUT2D eigenvalue weighted by Gasteiger charge is 2.51. The van der Waals surface area contributed by atoms with Crippen LogP contribution in [0.25, 0.3) is 21.5 Å². The number of esters is 1. The quantitative estimate of drug-likeness (QED) is 0.285. The highest BCUT2D eigenvalue weighted by Crippen LogP contribution is 2.42. The van der Waals surface area contributed by atoms with E-state index in [-0.39, 0.29) is 11.9 Å². The molecule has 0 saturated carbocycles. The van der Waals surface area contributed by atoms with Crippen molar-refractivity contribution in [2.45, 2.75) is 19.1 Å². The van der Waals surface area contributed by atoms with Gasteiger partial charge in [-0.3, -0.25) is 14.5 Å². The molecule has 2 atom stereocenters. The molecular formula is C25H19NO3. The van der Waals surface area contributed by atoms with Gasteiger partial charge in [-0.1, -0.05) is 60.7 Å². The summed E-state index contributed by atoms with van der Waals surface area (Å²) in [5, 5.41) is 4.53. The topological polar surface area (TPSA) is 46.6 Å². The van der Waals surface area contributed by atoms with Crippen molar-refractivity contribution in [3.8, 4) is 0 Å². The summed E-state index contributed by atoms with van der Waals surface area (Å²) < 4.78 is 5.33. The first kappa shape index (κ1) is 17.4. The molecule has 1 heterocycles. The molecule has 4 heteroatoms. The number of nitrogens with zero attached hydrogens (tertiary/aromatic N) is 1. The van der Waals surface area contributed by atoms with E-state index in [9.17, 15) is 9.59 Å². The second-order valence-corrected chi connectivity index (χ2v) is 7.32. The van der Waals surface area contributed by atoms with E-state index in [1.807, 2.05) is 60.7 Å². The summed E-state index contributed by atoms with van der Waals surface area (Å²) in [5.41, 5.74) is 1.74. The fourth-order valence-corrected chi connectivity index (χ4v) is 4.10. The highest BCUT2D eigenvalue weighted by molar-refractivity contribution is 6.08. The van der Waals surface area contributed by atoms with Crippen molar-refractivity contribution in [2.75, 3.05) is 4.90 Å². The van der Waals surface area contributed by atoms with Crippen LogP contribution in [-0.2, 0) is 14.3 Å². The van der Waals surface area contributed by atoms with Crippen LogP contribution in [0.1, 0.15) is 18.5 Å². The number of fused-ring (bicyclic) bond motifs is 2. The Bertz CT molecular complexity index is 1250. The summed E-state index contributed by atoms with van der Waals surface area (Å²) in [6.45, 7) is 1.33. The molecule has 29 heavy (non-hydrogen) atoms. The maximum absolute atomic E-state index is 12.9. The zero-order chi connectivity index (χ0) is 20.0. The van der Waals surface area contributed by atoms with Crippen molar-refractivity contribution in [2.24, 2.45) is 0 Å². The summed E-state index contributed by atoms with van der Waals surface area (Å²) in [4.78, 5) is 26.1. The van der Waals surface area contributed by atoms with E-state index >= 15 is 0 Å². The number of carbonyl (C=O) groups excluding carboxylic acids is 2. The van der Waals surface area contributed by atoms with Gasteiger partial charge in [-0.2, -0.15) is 0 Å². The molecule has 142 valence electrons. The minimum Gasteiger partial charge on any atom is -0.450 e. The van der Waals surface area contributed by atoms with Crippen molar-refractivity contribution < 1.29 is 14.3 Å². The van der Waals surface area contributed by atoms with Gasteiger partial charge < -0.3 is 4.74 Å². The van der Waals surface area contributed by atoms with E-state index in [0.29, 0.717) is 0 Å². The Hall–Kier alpha value is -3.66. The first-order valence-corrected chi connectivity index (χ1v) is 9.59. The molecule has 1 amide bonds. The molecule has 1 saturated heterocycles. The normalized spacial score (nSPS) is 18.7. The fraction of sp³-hybridized carbons (Fsp3) is 0.120. The van der Waals surface area contributed by atoms with Gasteiger partial charge in [0.15, 0.2) is 0 Å². The van der Waals surface area contributed by atoms with Crippen LogP contribution in [0.4, 0.5) is 5.69 Å². The van der Waals surface area contributed by atoms with E-state index in [1.54, 1.807) is 4.90 Å². The standard InChI is InChI=1S/C25H19NO3/c1-16(27)29-24-23(17-7-3-2-4-8-17)26(25(24)28)22-12-11-20-13-18-9-5-6-10-19(18)14-21(20)15-22/h2-15,23-24H,1H3/t23-,24-/m1/s1. The Kier molecular flexibility index (Phi) is 4.06. The second-order valence-electron chi connectivity index (χ2n) is 7.32. The van der Waals surface area contributed by atoms with Crippen molar-refractivity contribution in [3.05, 3.63) is 90.5 Å². The minimum absolute atomic E-state index is 0.200. The van der Waals surface area contributed by atoms with E-state index in [0.717, 1.165) is 27.4 Å². The van der Waals surface area contributed by atoms with E-state index in [2.05, 4.69) is 24.3 Å². The van der Waals surface area contributed by atoms with E-state index in [4.69, 9.17) is 4.74 Å². The molecule has 0 aliphatic carbocycles. The first-order chi connectivity index (χ1) is 14.1. The van der Waals surface area contributed by atoms with Gasteiger partial charge in [0.2, 0.25) is 6.10 Å². The van der Waals surface area contributed by atoms with Gasteiger partial charge in [-0.15, -0.1) is 0 Å². The monoisotopic (exact) mass is 381 g/mol. The summed E-state index contributed by atoms with van der Waals surface area (Å²) in [7, 11) is 0. The maximum atomic E-state index is 12.9. The summed E-state index contributed by atoms with van der Waals surface area (Å²) >= 11 is 0. The number of ether oxygens (including phenoxy) is 1. The Morgan fingerprint density at radius 2 is 1.41 bits per heavy atom. The number of anilines is 1. The zero-order valence-electron chi connectivity index (χ0n) is 15.9. The van der Waals surface area contributed by atoms with Crippen LogP contribution < -0.4 is 4.90 Å². The molecular weight excluding hydrogens is 362 g/mol. The van der Waals surface area contributed by atoms with Crippen LogP contribution in [0.5, 0.6) is 0 Å². The number of hydrogen-bond acceptors (Lipinski definition) is 3. The number of amides is 1. The SMILES string of the molecule is CC(=O)O[C@H]1C(=O)N(c2ccc3cc4ccccc4cc3c2)[C@@H]1c1ccccc1. The van der Waals surface area contributed by atoms with Crippen molar-refractivity contribution in [3.63, 3.8) is 0 Å².